The van der Waals surface area contributed by atoms with Crippen LogP contribution in [0.3, 0.4) is 0 Å². The van der Waals surface area contributed by atoms with E-state index in [0.717, 1.165) is 0 Å². The van der Waals surface area contributed by atoms with Crippen LogP contribution in [-0.2, 0) is 6.18 Å². The summed E-state index contributed by atoms with van der Waals surface area (Å²) < 4.78 is 48.5. The zero-order chi connectivity index (χ0) is 12.9. The van der Waals surface area contributed by atoms with E-state index >= 15 is 0 Å². The van der Waals surface area contributed by atoms with Gasteiger partial charge in [0.15, 0.2) is 11.5 Å². The van der Waals surface area contributed by atoms with Gasteiger partial charge in [0.25, 0.3) is 0 Å². The van der Waals surface area contributed by atoms with E-state index in [9.17, 15) is 18.0 Å². The summed E-state index contributed by atoms with van der Waals surface area (Å²) in [5, 5.41) is -0.119. The third kappa shape index (κ3) is 1.59. The number of hydrogen-bond donors (Lipinski definition) is 1. The minimum atomic E-state index is -4.60. The molecular formula is C11H6F3NO3. The highest BCUT2D eigenvalue weighted by Crippen LogP contribution is 2.39. The minimum absolute atomic E-state index is 0.0444. The number of benzene rings is 1. The van der Waals surface area contributed by atoms with Crippen LogP contribution < -0.4 is 15.0 Å². The van der Waals surface area contributed by atoms with Crippen LogP contribution in [0.1, 0.15) is 5.56 Å². The smallest absolute Gasteiger partial charge is 0.417 e. The Morgan fingerprint density at radius 1 is 1.11 bits per heavy atom. The molecule has 4 nitrogen and oxygen atoms in total. The van der Waals surface area contributed by atoms with Crippen LogP contribution in [0.15, 0.2) is 23.0 Å². The number of aromatic amines is 1. The lowest BCUT2D eigenvalue weighted by Crippen LogP contribution is -2.13. The Hall–Kier alpha value is -2.18. The normalized spacial score (nSPS) is 14.2. The molecule has 0 unspecified atom stereocenters. The second kappa shape index (κ2) is 3.41. The Morgan fingerprint density at radius 3 is 2.44 bits per heavy atom. The van der Waals surface area contributed by atoms with Crippen molar-refractivity contribution >= 4 is 10.9 Å². The standard InChI is InChI=1S/C11H6F3NO3/c12-11(13,14)6-2-10(16)15-7-3-9-8(1-5(6)7)17-4-18-9/h1-3H,4H2,(H,15,16). The Kier molecular flexibility index (Phi) is 2.07. The third-order valence-corrected chi connectivity index (χ3v) is 2.64. The van der Waals surface area contributed by atoms with Crippen molar-refractivity contribution in [3.63, 3.8) is 0 Å². The number of fused-ring (bicyclic) bond motifs is 2. The molecule has 94 valence electrons. The number of H-pyrrole nitrogens is 1. The molecule has 0 fully saturated rings. The molecule has 1 N–H and O–H groups in total. The fraction of sp³-hybridized carbons (Fsp3) is 0.182. The highest BCUT2D eigenvalue weighted by atomic mass is 19.4. The monoisotopic (exact) mass is 257 g/mol. The van der Waals surface area contributed by atoms with Gasteiger partial charge in [-0.15, -0.1) is 0 Å². The van der Waals surface area contributed by atoms with Gasteiger partial charge >= 0.3 is 6.18 Å². The second-order valence-corrected chi connectivity index (χ2v) is 3.80. The minimum Gasteiger partial charge on any atom is -0.454 e. The molecule has 2 heterocycles. The molecule has 2 aromatic rings. The third-order valence-electron chi connectivity index (χ3n) is 2.64. The Morgan fingerprint density at radius 2 is 1.78 bits per heavy atom. The van der Waals surface area contributed by atoms with Crippen molar-refractivity contribution in [2.24, 2.45) is 0 Å². The van der Waals surface area contributed by atoms with E-state index < -0.39 is 17.3 Å². The average molecular weight is 257 g/mol. The van der Waals surface area contributed by atoms with E-state index in [0.29, 0.717) is 11.8 Å². The van der Waals surface area contributed by atoms with E-state index in [4.69, 9.17) is 9.47 Å². The van der Waals surface area contributed by atoms with E-state index in [2.05, 4.69) is 4.98 Å². The summed E-state index contributed by atoms with van der Waals surface area (Å²) >= 11 is 0. The summed E-state index contributed by atoms with van der Waals surface area (Å²) in [6.07, 6.45) is -4.60. The fourth-order valence-corrected chi connectivity index (χ4v) is 1.88. The van der Waals surface area contributed by atoms with Crippen LogP contribution in [0, 0.1) is 0 Å². The van der Waals surface area contributed by atoms with Gasteiger partial charge in [0.1, 0.15) is 0 Å². The van der Waals surface area contributed by atoms with Gasteiger partial charge in [-0.25, -0.2) is 0 Å². The molecule has 3 rings (SSSR count). The Balaban J connectivity index is 2.39. The van der Waals surface area contributed by atoms with Crippen LogP contribution in [0.5, 0.6) is 11.5 Å². The van der Waals surface area contributed by atoms with Crippen molar-refractivity contribution in [3.05, 3.63) is 34.1 Å². The number of alkyl halides is 3. The number of halogens is 3. The fourth-order valence-electron chi connectivity index (χ4n) is 1.88. The molecule has 0 saturated heterocycles. The van der Waals surface area contributed by atoms with Gasteiger partial charge in [-0.3, -0.25) is 4.79 Å². The van der Waals surface area contributed by atoms with Gasteiger partial charge in [-0.1, -0.05) is 0 Å². The molecule has 0 atom stereocenters. The Bertz CT molecular complexity index is 690. The maximum absolute atomic E-state index is 12.8. The zero-order valence-electron chi connectivity index (χ0n) is 8.80. The molecule has 0 spiro atoms. The molecule has 1 aliphatic rings. The van der Waals surface area contributed by atoms with Crippen LogP contribution in [0.25, 0.3) is 10.9 Å². The van der Waals surface area contributed by atoms with E-state index in [1.54, 1.807) is 0 Å². The SMILES string of the molecule is O=c1cc(C(F)(F)F)c2cc3c(cc2[nH]1)OCO3. The van der Waals surface area contributed by atoms with Crippen molar-refractivity contribution in [2.45, 2.75) is 6.18 Å². The van der Waals surface area contributed by atoms with Crippen molar-refractivity contribution in [1.29, 1.82) is 0 Å². The summed E-state index contributed by atoms with van der Waals surface area (Å²) in [5.74, 6) is 0.553. The number of hydrogen-bond acceptors (Lipinski definition) is 3. The first kappa shape index (κ1) is 10.9. The lowest BCUT2D eigenvalue weighted by molar-refractivity contribution is -0.136. The number of nitrogens with one attached hydrogen (secondary N) is 1. The maximum Gasteiger partial charge on any atom is 0.417 e. The van der Waals surface area contributed by atoms with Gasteiger partial charge in [0.05, 0.1) is 11.1 Å². The van der Waals surface area contributed by atoms with Gasteiger partial charge in [0, 0.05) is 17.5 Å². The summed E-state index contributed by atoms with van der Waals surface area (Å²) in [6.45, 7) is -0.0444. The summed E-state index contributed by atoms with van der Waals surface area (Å²) in [7, 11) is 0. The molecule has 1 aromatic heterocycles. The van der Waals surface area contributed by atoms with Crippen molar-refractivity contribution in [3.8, 4) is 11.5 Å². The molecule has 0 aliphatic carbocycles. The van der Waals surface area contributed by atoms with E-state index in [-0.39, 0.29) is 23.4 Å². The number of aromatic nitrogens is 1. The maximum atomic E-state index is 12.8. The highest BCUT2D eigenvalue weighted by molar-refractivity contribution is 5.86. The molecule has 0 amide bonds. The van der Waals surface area contributed by atoms with Gasteiger partial charge in [0.2, 0.25) is 12.4 Å². The molecule has 18 heavy (non-hydrogen) atoms. The van der Waals surface area contributed by atoms with Crippen LogP contribution in [0.4, 0.5) is 13.2 Å². The predicted molar refractivity (Wildman–Crippen MR) is 55.7 cm³/mol. The first-order valence-electron chi connectivity index (χ1n) is 4.99. The van der Waals surface area contributed by atoms with Gasteiger partial charge in [-0.2, -0.15) is 13.2 Å². The van der Waals surface area contributed by atoms with Crippen LogP contribution in [-0.4, -0.2) is 11.8 Å². The van der Waals surface area contributed by atoms with E-state index in [1.165, 1.54) is 12.1 Å². The topological polar surface area (TPSA) is 51.3 Å². The number of rotatable bonds is 0. The molecule has 0 bridgehead atoms. The van der Waals surface area contributed by atoms with E-state index in [1.807, 2.05) is 0 Å². The van der Waals surface area contributed by atoms with Gasteiger partial charge in [-0.05, 0) is 6.07 Å². The summed E-state index contributed by atoms with van der Waals surface area (Å²) in [6, 6.07) is 3.08. The summed E-state index contributed by atoms with van der Waals surface area (Å²) in [5.41, 5.74) is -1.73. The lowest BCUT2D eigenvalue weighted by atomic mass is 10.1. The van der Waals surface area contributed by atoms with Crippen molar-refractivity contribution < 1.29 is 22.6 Å². The molecule has 0 saturated carbocycles. The van der Waals surface area contributed by atoms with Gasteiger partial charge < -0.3 is 14.5 Å². The average Bonchev–Trinajstić information content (AvgIpc) is 2.70. The molecule has 7 heteroatoms. The summed E-state index contributed by atoms with van der Waals surface area (Å²) in [4.78, 5) is 13.6. The van der Waals surface area contributed by atoms with Crippen molar-refractivity contribution in [1.82, 2.24) is 4.98 Å². The first-order chi connectivity index (χ1) is 8.45. The largest absolute Gasteiger partial charge is 0.454 e. The molecule has 0 radical (unpaired) electrons. The highest BCUT2D eigenvalue weighted by Gasteiger charge is 2.34. The molecular weight excluding hydrogens is 251 g/mol. The zero-order valence-corrected chi connectivity index (χ0v) is 8.80. The van der Waals surface area contributed by atoms with Crippen LogP contribution in [0.2, 0.25) is 0 Å². The molecule has 1 aromatic carbocycles. The number of ether oxygens (including phenoxy) is 2. The first-order valence-corrected chi connectivity index (χ1v) is 4.99. The predicted octanol–water partition coefficient (Wildman–Crippen LogP) is 2.28. The second-order valence-electron chi connectivity index (χ2n) is 3.80. The lowest BCUT2D eigenvalue weighted by Gasteiger charge is -2.10. The quantitative estimate of drug-likeness (QED) is 0.787. The Labute approximate surface area is 97.9 Å². The van der Waals surface area contributed by atoms with Crippen molar-refractivity contribution in [2.75, 3.05) is 6.79 Å². The molecule has 1 aliphatic heterocycles. The van der Waals surface area contributed by atoms with Crippen LogP contribution >= 0.6 is 0 Å². The number of pyridine rings is 1.